The van der Waals surface area contributed by atoms with Crippen LogP contribution in [0.3, 0.4) is 0 Å². The number of hydrogen-bond donors (Lipinski definition) is 1. The molecule has 0 saturated carbocycles. The van der Waals surface area contributed by atoms with Crippen molar-refractivity contribution in [2.75, 3.05) is 20.8 Å². The molecular weight excluding hydrogens is 222 g/mol. The zero-order valence-electron chi connectivity index (χ0n) is 10.2. The fourth-order valence-electron chi connectivity index (χ4n) is 1.42. The lowest BCUT2D eigenvalue weighted by molar-refractivity contribution is -0.141. The Morgan fingerprint density at radius 1 is 1.35 bits per heavy atom. The highest BCUT2D eigenvalue weighted by atomic mass is 16.5. The number of carbonyl (C=O) groups is 1. The van der Waals surface area contributed by atoms with Gasteiger partial charge in [0.05, 0.1) is 20.3 Å². The highest BCUT2D eigenvalue weighted by Gasteiger charge is 2.14. The molecule has 0 spiro atoms. The molecular formula is C12H17NO4. The Kier molecular flexibility index (Phi) is 4.78. The van der Waals surface area contributed by atoms with E-state index in [9.17, 15) is 4.79 Å². The summed E-state index contributed by atoms with van der Waals surface area (Å²) in [7, 11) is 3.13. The van der Waals surface area contributed by atoms with Gasteiger partial charge in [-0.15, -0.1) is 0 Å². The first-order valence-electron chi connectivity index (χ1n) is 5.19. The topological polar surface area (TPSA) is 70.8 Å². The molecule has 0 aliphatic heterocycles. The van der Waals surface area contributed by atoms with E-state index in [0.717, 1.165) is 5.56 Å². The highest BCUT2D eigenvalue weighted by Crippen LogP contribution is 2.28. The van der Waals surface area contributed by atoms with Crippen molar-refractivity contribution in [3.63, 3.8) is 0 Å². The molecule has 0 amide bonds. The first-order chi connectivity index (χ1) is 8.08. The quantitative estimate of drug-likeness (QED) is 0.783. The van der Waals surface area contributed by atoms with Gasteiger partial charge in [-0.05, 0) is 12.1 Å². The summed E-state index contributed by atoms with van der Waals surface area (Å²) in [4.78, 5) is 10.7. The molecule has 1 unspecified atom stereocenters. The van der Waals surface area contributed by atoms with Crippen LogP contribution >= 0.6 is 0 Å². The van der Waals surface area contributed by atoms with Gasteiger partial charge in [0, 0.05) is 18.6 Å². The first-order valence-corrected chi connectivity index (χ1v) is 5.19. The summed E-state index contributed by atoms with van der Waals surface area (Å²) in [5, 5.41) is 0. The third kappa shape index (κ3) is 3.64. The van der Waals surface area contributed by atoms with Crippen LogP contribution in [0.5, 0.6) is 11.5 Å². The molecule has 2 N–H and O–H groups in total. The summed E-state index contributed by atoms with van der Waals surface area (Å²) in [5.74, 6) is 0.946. The van der Waals surface area contributed by atoms with Crippen LogP contribution in [0.2, 0.25) is 0 Å². The number of carbonyl (C=O) groups excluding carboxylic acids is 1. The van der Waals surface area contributed by atoms with E-state index in [1.165, 1.54) is 6.92 Å². The van der Waals surface area contributed by atoms with Crippen LogP contribution in [0.4, 0.5) is 0 Å². The molecule has 1 aromatic rings. The van der Waals surface area contributed by atoms with Crippen molar-refractivity contribution in [1.29, 1.82) is 0 Å². The van der Waals surface area contributed by atoms with Crippen LogP contribution in [-0.2, 0) is 9.53 Å². The minimum atomic E-state index is -0.417. The van der Waals surface area contributed by atoms with Crippen molar-refractivity contribution in [2.24, 2.45) is 5.73 Å². The Balaban J connectivity index is 2.84. The van der Waals surface area contributed by atoms with Crippen molar-refractivity contribution >= 4 is 5.97 Å². The van der Waals surface area contributed by atoms with Gasteiger partial charge in [-0.1, -0.05) is 0 Å². The lowest BCUT2D eigenvalue weighted by atomic mass is 10.1. The predicted molar refractivity (Wildman–Crippen MR) is 63.1 cm³/mol. The minimum absolute atomic E-state index is 0.123. The van der Waals surface area contributed by atoms with E-state index in [1.54, 1.807) is 32.4 Å². The average Bonchev–Trinajstić information content (AvgIpc) is 2.34. The molecule has 0 saturated heterocycles. The highest BCUT2D eigenvalue weighted by molar-refractivity contribution is 5.66. The number of nitrogens with two attached hydrogens (primary N) is 1. The van der Waals surface area contributed by atoms with Gasteiger partial charge in [-0.3, -0.25) is 4.79 Å². The van der Waals surface area contributed by atoms with E-state index in [4.69, 9.17) is 19.9 Å². The van der Waals surface area contributed by atoms with Crippen molar-refractivity contribution < 1.29 is 19.0 Å². The van der Waals surface area contributed by atoms with Gasteiger partial charge in [-0.25, -0.2) is 0 Å². The summed E-state index contributed by atoms with van der Waals surface area (Å²) in [6.45, 7) is 1.47. The lowest BCUT2D eigenvalue weighted by Gasteiger charge is -2.16. The second kappa shape index (κ2) is 6.10. The molecule has 1 aromatic carbocycles. The van der Waals surface area contributed by atoms with Gasteiger partial charge in [0.15, 0.2) is 0 Å². The van der Waals surface area contributed by atoms with Crippen molar-refractivity contribution in [3.05, 3.63) is 23.8 Å². The molecule has 0 radical (unpaired) electrons. The molecule has 0 aliphatic rings. The number of esters is 1. The third-order valence-corrected chi connectivity index (χ3v) is 2.31. The standard InChI is InChI=1S/C12H17NO4/c1-8(14)17-7-11(13)10-5-4-9(15-2)6-12(10)16-3/h4-6,11H,7,13H2,1-3H3. The van der Waals surface area contributed by atoms with Gasteiger partial charge < -0.3 is 19.9 Å². The first kappa shape index (κ1) is 13.3. The second-order valence-electron chi connectivity index (χ2n) is 3.52. The lowest BCUT2D eigenvalue weighted by Crippen LogP contribution is -2.19. The van der Waals surface area contributed by atoms with Gasteiger partial charge in [0.25, 0.3) is 0 Å². The zero-order valence-corrected chi connectivity index (χ0v) is 10.2. The van der Waals surface area contributed by atoms with Gasteiger partial charge in [0.2, 0.25) is 0 Å². The molecule has 1 atom stereocenters. The third-order valence-electron chi connectivity index (χ3n) is 2.31. The molecule has 94 valence electrons. The maximum absolute atomic E-state index is 10.7. The summed E-state index contributed by atoms with van der Waals surface area (Å²) in [5.41, 5.74) is 6.69. The molecule has 0 bridgehead atoms. The Morgan fingerprint density at radius 2 is 2.06 bits per heavy atom. The molecule has 0 heterocycles. The molecule has 0 aliphatic carbocycles. The van der Waals surface area contributed by atoms with Crippen molar-refractivity contribution in [1.82, 2.24) is 0 Å². The van der Waals surface area contributed by atoms with Gasteiger partial charge >= 0.3 is 5.97 Å². The van der Waals surface area contributed by atoms with Gasteiger partial charge in [0.1, 0.15) is 18.1 Å². The zero-order chi connectivity index (χ0) is 12.8. The van der Waals surface area contributed by atoms with E-state index >= 15 is 0 Å². The summed E-state index contributed by atoms with van der Waals surface area (Å²) in [6.07, 6.45) is 0. The maximum atomic E-state index is 10.7. The maximum Gasteiger partial charge on any atom is 0.302 e. The van der Waals surface area contributed by atoms with E-state index < -0.39 is 6.04 Å². The van der Waals surface area contributed by atoms with E-state index in [-0.39, 0.29) is 12.6 Å². The Hall–Kier alpha value is -1.75. The van der Waals surface area contributed by atoms with E-state index in [0.29, 0.717) is 11.5 Å². The minimum Gasteiger partial charge on any atom is -0.497 e. The number of benzene rings is 1. The smallest absolute Gasteiger partial charge is 0.302 e. The summed E-state index contributed by atoms with van der Waals surface area (Å²) < 4.78 is 15.2. The molecule has 0 aromatic heterocycles. The average molecular weight is 239 g/mol. The fourth-order valence-corrected chi connectivity index (χ4v) is 1.42. The number of hydrogen-bond acceptors (Lipinski definition) is 5. The second-order valence-corrected chi connectivity index (χ2v) is 3.52. The van der Waals surface area contributed by atoms with E-state index in [1.807, 2.05) is 0 Å². The molecule has 1 rings (SSSR count). The van der Waals surface area contributed by atoms with Crippen LogP contribution in [0, 0.1) is 0 Å². The Morgan fingerprint density at radius 3 is 2.59 bits per heavy atom. The normalized spacial score (nSPS) is 11.8. The number of methoxy groups -OCH3 is 2. The van der Waals surface area contributed by atoms with Crippen LogP contribution in [0.25, 0.3) is 0 Å². The summed E-state index contributed by atoms with van der Waals surface area (Å²) >= 11 is 0. The predicted octanol–water partition coefficient (Wildman–Crippen LogP) is 1.27. The van der Waals surface area contributed by atoms with Crippen molar-refractivity contribution in [3.8, 4) is 11.5 Å². The van der Waals surface area contributed by atoms with Gasteiger partial charge in [-0.2, -0.15) is 0 Å². The SMILES string of the molecule is COc1ccc(C(N)COC(C)=O)c(OC)c1. The van der Waals surface area contributed by atoms with Crippen LogP contribution in [0.15, 0.2) is 18.2 Å². The number of rotatable bonds is 5. The monoisotopic (exact) mass is 239 g/mol. The van der Waals surface area contributed by atoms with E-state index in [2.05, 4.69) is 0 Å². The molecule has 17 heavy (non-hydrogen) atoms. The van der Waals surface area contributed by atoms with Crippen molar-refractivity contribution in [2.45, 2.75) is 13.0 Å². The number of ether oxygens (including phenoxy) is 3. The van der Waals surface area contributed by atoms with Crippen LogP contribution in [0.1, 0.15) is 18.5 Å². The molecule has 5 heteroatoms. The Bertz CT molecular complexity index is 392. The Labute approximate surface area is 100 Å². The molecule has 5 nitrogen and oxygen atoms in total. The molecule has 0 fully saturated rings. The van der Waals surface area contributed by atoms with Crippen LogP contribution in [-0.4, -0.2) is 26.8 Å². The van der Waals surface area contributed by atoms with Crippen LogP contribution < -0.4 is 15.2 Å². The summed E-state index contributed by atoms with van der Waals surface area (Å²) in [6, 6.07) is 4.90. The fraction of sp³-hybridized carbons (Fsp3) is 0.417. The largest absolute Gasteiger partial charge is 0.497 e.